The SMILES string of the molecule is Cc1cc(NC(=O)CSc2nc3ncccc3c(=O)n2-c2ccccc2)no1. The van der Waals surface area contributed by atoms with Crippen molar-refractivity contribution < 1.29 is 9.32 Å². The summed E-state index contributed by atoms with van der Waals surface area (Å²) in [7, 11) is 0. The maximum absolute atomic E-state index is 13.0. The summed E-state index contributed by atoms with van der Waals surface area (Å²) in [6, 6.07) is 14.2. The van der Waals surface area contributed by atoms with Crippen LogP contribution < -0.4 is 10.9 Å². The Balaban J connectivity index is 1.67. The monoisotopic (exact) mass is 393 g/mol. The lowest BCUT2D eigenvalue weighted by Crippen LogP contribution is -2.23. The fourth-order valence-corrected chi connectivity index (χ4v) is 3.44. The summed E-state index contributed by atoms with van der Waals surface area (Å²) in [4.78, 5) is 34.0. The first-order valence-electron chi connectivity index (χ1n) is 8.41. The summed E-state index contributed by atoms with van der Waals surface area (Å²) in [6.07, 6.45) is 1.58. The number of aryl methyl sites for hydroxylation is 1. The predicted molar refractivity (Wildman–Crippen MR) is 106 cm³/mol. The largest absolute Gasteiger partial charge is 0.360 e. The first-order chi connectivity index (χ1) is 13.6. The van der Waals surface area contributed by atoms with Gasteiger partial charge in [-0.15, -0.1) is 0 Å². The number of amides is 1. The Kier molecular flexibility index (Phi) is 4.90. The number of fused-ring (bicyclic) bond motifs is 1. The van der Waals surface area contributed by atoms with Gasteiger partial charge in [0.1, 0.15) is 5.76 Å². The molecular weight excluding hydrogens is 378 g/mol. The first-order valence-corrected chi connectivity index (χ1v) is 9.39. The van der Waals surface area contributed by atoms with E-state index in [1.54, 1.807) is 31.3 Å². The second-order valence-electron chi connectivity index (χ2n) is 5.90. The Morgan fingerprint density at radius 2 is 2.04 bits per heavy atom. The number of carbonyl (C=O) groups is 1. The maximum atomic E-state index is 13.0. The van der Waals surface area contributed by atoms with E-state index in [9.17, 15) is 9.59 Å². The van der Waals surface area contributed by atoms with Crippen molar-refractivity contribution in [1.82, 2.24) is 19.7 Å². The molecule has 4 aromatic rings. The minimum atomic E-state index is -0.284. The van der Waals surface area contributed by atoms with Gasteiger partial charge in [0.25, 0.3) is 5.56 Å². The third kappa shape index (κ3) is 3.65. The zero-order chi connectivity index (χ0) is 19.5. The van der Waals surface area contributed by atoms with Gasteiger partial charge in [-0.05, 0) is 31.2 Å². The lowest BCUT2D eigenvalue weighted by Gasteiger charge is -2.12. The number of carbonyl (C=O) groups excluding carboxylic acids is 1. The van der Waals surface area contributed by atoms with Crippen molar-refractivity contribution in [2.75, 3.05) is 11.1 Å². The Morgan fingerprint density at radius 1 is 1.21 bits per heavy atom. The van der Waals surface area contributed by atoms with E-state index in [1.165, 1.54) is 4.57 Å². The number of aromatic nitrogens is 4. The van der Waals surface area contributed by atoms with Crippen LogP contribution in [0.5, 0.6) is 0 Å². The highest BCUT2D eigenvalue weighted by atomic mass is 32.2. The number of hydrogen-bond acceptors (Lipinski definition) is 7. The second kappa shape index (κ2) is 7.65. The number of hydrogen-bond donors (Lipinski definition) is 1. The number of para-hydroxylation sites is 1. The summed E-state index contributed by atoms with van der Waals surface area (Å²) in [5, 5.41) is 7.18. The van der Waals surface area contributed by atoms with Gasteiger partial charge < -0.3 is 9.84 Å². The van der Waals surface area contributed by atoms with Crippen LogP contribution in [0.4, 0.5) is 5.82 Å². The minimum Gasteiger partial charge on any atom is -0.360 e. The van der Waals surface area contributed by atoms with Crippen molar-refractivity contribution in [1.29, 1.82) is 0 Å². The molecule has 1 N–H and O–H groups in total. The number of nitrogens with zero attached hydrogens (tertiary/aromatic N) is 4. The molecule has 140 valence electrons. The van der Waals surface area contributed by atoms with Gasteiger partial charge in [-0.2, -0.15) is 0 Å². The molecule has 0 saturated carbocycles. The van der Waals surface area contributed by atoms with Crippen LogP contribution in [0.1, 0.15) is 5.76 Å². The van der Waals surface area contributed by atoms with Crippen LogP contribution in [-0.2, 0) is 4.79 Å². The number of pyridine rings is 1. The van der Waals surface area contributed by atoms with Crippen molar-refractivity contribution in [3.05, 3.63) is 70.8 Å². The highest BCUT2D eigenvalue weighted by Gasteiger charge is 2.15. The van der Waals surface area contributed by atoms with Crippen molar-refractivity contribution in [2.24, 2.45) is 0 Å². The van der Waals surface area contributed by atoms with Gasteiger partial charge in [0.15, 0.2) is 16.6 Å². The topological polar surface area (TPSA) is 103 Å². The number of rotatable bonds is 5. The lowest BCUT2D eigenvalue weighted by atomic mass is 10.3. The number of thioether (sulfide) groups is 1. The molecule has 0 aliphatic rings. The lowest BCUT2D eigenvalue weighted by molar-refractivity contribution is -0.113. The fraction of sp³-hybridized carbons (Fsp3) is 0.105. The van der Waals surface area contributed by atoms with Gasteiger partial charge in [-0.1, -0.05) is 35.1 Å². The zero-order valence-corrected chi connectivity index (χ0v) is 15.6. The average molecular weight is 393 g/mol. The van der Waals surface area contributed by atoms with Crippen molar-refractivity contribution in [2.45, 2.75) is 12.1 Å². The quantitative estimate of drug-likeness (QED) is 0.411. The zero-order valence-electron chi connectivity index (χ0n) is 14.8. The fourth-order valence-electron chi connectivity index (χ4n) is 2.64. The Labute approximate surface area is 163 Å². The highest BCUT2D eigenvalue weighted by Crippen LogP contribution is 2.21. The van der Waals surface area contributed by atoms with Crippen LogP contribution in [0, 0.1) is 6.92 Å². The minimum absolute atomic E-state index is 0.0452. The summed E-state index contributed by atoms with van der Waals surface area (Å²) in [6.45, 7) is 1.74. The van der Waals surface area contributed by atoms with E-state index in [4.69, 9.17) is 4.52 Å². The second-order valence-corrected chi connectivity index (χ2v) is 6.85. The van der Waals surface area contributed by atoms with E-state index < -0.39 is 0 Å². The van der Waals surface area contributed by atoms with Crippen LogP contribution in [0.3, 0.4) is 0 Å². The molecule has 3 heterocycles. The summed E-state index contributed by atoms with van der Waals surface area (Å²) in [5.74, 6) is 0.705. The molecule has 28 heavy (non-hydrogen) atoms. The molecule has 0 radical (unpaired) electrons. The van der Waals surface area contributed by atoms with Gasteiger partial charge in [0.05, 0.1) is 16.8 Å². The molecule has 0 atom stereocenters. The normalized spacial score (nSPS) is 10.9. The Bertz CT molecular complexity index is 1200. The van der Waals surface area contributed by atoms with Gasteiger partial charge in [0.2, 0.25) is 5.91 Å². The first kappa shape index (κ1) is 17.9. The molecule has 0 unspecified atom stereocenters. The van der Waals surface area contributed by atoms with Gasteiger partial charge in [-0.25, -0.2) is 9.97 Å². The smallest absolute Gasteiger partial charge is 0.268 e. The van der Waals surface area contributed by atoms with Crippen LogP contribution in [0.15, 0.2) is 69.2 Å². The van der Waals surface area contributed by atoms with E-state index in [-0.39, 0.29) is 17.2 Å². The van der Waals surface area contributed by atoms with E-state index in [0.29, 0.717) is 33.5 Å². The van der Waals surface area contributed by atoms with Crippen LogP contribution in [0.2, 0.25) is 0 Å². The molecular formula is C19H15N5O3S. The maximum Gasteiger partial charge on any atom is 0.268 e. The Morgan fingerprint density at radius 3 is 2.79 bits per heavy atom. The van der Waals surface area contributed by atoms with E-state index >= 15 is 0 Å². The van der Waals surface area contributed by atoms with Gasteiger partial charge in [0, 0.05) is 12.3 Å². The van der Waals surface area contributed by atoms with Crippen molar-refractivity contribution >= 4 is 34.5 Å². The number of benzene rings is 1. The van der Waals surface area contributed by atoms with E-state index in [2.05, 4.69) is 20.4 Å². The summed E-state index contributed by atoms with van der Waals surface area (Å²) < 4.78 is 6.42. The molecule has 0 aliphatic heterocycles. The van der Waals surface area contributed by atoms with Crippen LogP contribution in [-0.4, -0.2) is 31.4 Å². The number of nitrogens with one attached hydrogen (secondary N) is 1. The van der Waals surface area contributed by atoms with Crippen LogP contribution >= 0.6 is 11.8 Å². The van der Waals surface area contributed by atoms with Gasteiger partial charge in [-0.3, -0.25) is 14.2 Å². The molecule has 8 nitrogen and oxygen atoms in total. The van der Waals surface area contributed by atoms with Crippen LogP contribution in [0.25, 0.3) is 16.7 Å². The summed E-state index contributed by atoms with van der Waals surface area (Å²) >= 11 is 1.15. The molecule has 9 heteroatoms. The summed E-state index contributed by atoms with van der Waals surface area (Å²) in [5.41, 5.74) is 0.773. The standard InChI is InChI=1S/C19H15N5O3S/c1-12-10-15(23-27-12)21-16(25)11-28-19-22-17-14(8-5-9-20-17)18(26)24(19)13-6-3-2-4-7-13/h2-10H,11H2,1H3,(H,21,23,25). The van der Waals surface area contributed by atoms with E-state index in [0.717, 1.165) is 11.8 Å². The van der Waals surface area contributed by atoms with E-state index in [1.807, 2.05) is 30.3 Å². The number of anilines is 1. The molecule has 4 rings (SSSR count). The average Bonchev–Trinajstić information content (AvgIpc) is 3.11. The van der Waals surface area contributed by atoms with Crippen molar-refractivity contribution in [3.63, 3.8) is 0 Å². The molecule has 0 aliphatic carbocycles. The molecule has 0 spiro atoms. The molecule has 0 saturated heterocycles. The predicted octanol–water partition coefficient (Wildman–Crippen LogP) is 2.81. The molecule has 3 aromatic heterocycles. The third-order valence-corrected chi connectivity index (χ3v) is 4.79. The Hall–Kier alpha value is -3.46. The molecule has 1 aromatic carbocycles. The molecule has 0 bridgehead atoms. The molecule has 0 fully saturated rings. The third-order valence-electron chi connectivity index (χ3n) is 3.86. The molecule has 1 amide bonds. The van der Waals surface area contributed by atoms with Gasteiger partial charge >= 0.3 is 0 Å². The van der Waals surface area contributed by atoms with Crippen molar-refractivity contribution in [3.8, 4) is 5.69 Å². The highest BCUT2D eigenvalue weighted by molar-refractivity contribution is 7.99.